The van der Waals surface area contributed by atoms with Crippen LogP contribution in [0.25, 0.3) is 0 Å². The molecule has 0 bridgehead atoms. The summed E-state index contributed by atoms with van der Waals surface area (Å²) in [6.45, 7) is 10.5. The zero-order chi connectivity index (χ0) is 16.3. The predicted molar refractivity (Wildman–Crippen MR) is 89.4 cm³/mol. The molecule has 0 unspecified atom stereocenters. The molecular formula is C20H30O2. The second-order valence-corrected chi connectivity index (χ2v) is 8.96. The van der Waals surface area contributed by atoms with Gasteiger partial charge in [0.2, 0.25) is 0 Å². The van der Waals surface area contributed by atoms with Gasteiger partial charge in [0.15, 0.2) is 0 Å². The molecule has 3 atom stereocenters. The van der Waals surface area contributed by atoms with Gasteiger partial charge >= 0.3 is 0 Å². The van der Waals surface area contributed by atoms with Gasteiger partial charge in [-0.05, 0) is 67.9 Å². The van der Waals surface area contributed by atoms with Crippen LogP contribution in [-0.2, 0) is 4.79 Å². The molecule has 2 heteroatoms. The van der Waals surface area contributed by atoms with Gasteiger partial charge in [0.1, 0.15) is 5.78 Å². The smallest absolute Gasteiger partial charge is 0.138 e. The Morgan fingerprint density at radius 1 is 1.23 bits per heavy atom. The summed E-state index contributed by atoms with van der Waals surface area (Å²) in [6.07, 6.45) is 9.43. The minimum Gasteiger partial charge on any atom is -0.386 e. The molecule has 0 amide bonds. The summed E-state index contributed by atoms with van der Waals surface area (Å²) < 4.78 is 0. The van der Waals surface area contributed by atoms with Crippen LogP contribution in [0.1, 0.15) is 66.7 Å². The molecular weight excluding hydrogens is 272 g/mol. The standard InChI is InChI=1S/C20H30O2/c1-18(2)16-9-6-13-12-14(19(3,4)22)7-8-15(13)20(16,5)11-10-17(18)21/h6,12,15-16,22H,7-11H2,1-5H3/t15-,16-,20+/m1/s1. The Bertz CT molecular complexity index is 559. The number of allylic oxidation sites excluding steroid dienone is 3. The van der Waals surface area contributed by atoms with E-state index in [4.69, 9.17) is 0 Å². The molecule has 0 aromatic heterocycles. The van der Waals surface area contributed by atoms with Crippen LogP contribution < -0.4 is 0 Å². The van der Waals surface area contributed by atoms with Crippen molar-refractivity contribution < 1.29 is 9.90 Å². The molecule has 22 heavy (non-hydrogen) atoms. The second-order valence-electron chi connectivity index (χ2n) is 8.96. The van der Waals surface area contributed by atoms with Crippen molar-refractivity contribution in [3.05, 3.63) is 23.3 Å². The van der Waals surface area contributed by atoms with E-state index < -0.39 is 5.60 Å². The minimum atomic E-state index is -0.717. The summed E-state index contributed by atoms with van der Waals surface area (Å²) >= 11 is 0. The number of hydrogen-bond donors (Lipinski definition) is 1. The molecule has 3 aliphatic carbocycles. The number of rotatable bonds is 1. The third kappa shape index (κ3) is 2.22. The average Bonchev–Trinajstić information content (AvgIpc) is 2.42. The topological polar surface area (TPSA) is 37.3 Å². The zero-order valence-electron chi connectivity index (χ0n) is 14.7. The number of carbonyl (C=O) groups excluding carboxylic acids is 1. The predicted octanol–water partition coefficient (Wildman–Crippen LogP) is 4.44. The van der Waals surface area contributed by atoms with Gasteiger partial charge in [0, 0.05) is 11.8 Å². The van der Waals surface area contributed by atoms with E-state index in [0.29, 0.717) is 17.6 Å². The quantitative estimate of drug-likeness (QED) is 0.777. The molecule has 0 aromatic rings. The Hall–Kier alpha value is -0.890. The highest BCUT2D eigenvalue weighted by Crippen LogP contribution is 2.60. The summed E-state index contributed by atoms with van der Waals surface area (Å²) in [5, 5.41) is 10.3. The molecule has 0 saturated heterocycles. The SMILES string of the molecule is CC(C)(O)C1=CC2=CC[C@@H]3C(C)(C)C(=O)CC[C@@]3(C)[C@@H]2CC1. The van der Waals surface area contributed by atoms with Crippen molar-refractivity contribution in [2.45, 2.75) is 72.3 Å². The molecule has 0 aromatic carbocycles. The van der Waals surface area contributed by atoms with E-state index in [2.05, 4.69) is 32.9 Å². The second kappa shape index (κ2) is 4.80. The van der Waals surface area contributed by atoms with Crippen molar-refractivity contribution in [3.8, 4) is 0 Å². The first-order valence-electron chi connectivity index (χ1n) is 8.73. The lowest BCUT2D eigenvalue weighted by atomic mass is 9.47. The number of ketones is 1. The van der Waals surface area contributed by atoms with Crippen LogP contribution in [0.3, 0.4) is 0 Å². The number of fused-ring (bicyclic) bond motifs is 3. The Morgan fingerprint density at radius 3 is 2.55 bits per heavy atom. The summed E-state index contributed by atoms with van der Waals surface area (Å²) in [7, 11) is 0. The Kier molecular flexibility index (Phi) is 3.49. The van der Waals surface area contributed by atoms with E-state index in [0.717, 1.165) is 37.7 Å². The van der Waals surface area contributed by atoms with Gasteiger partial charge in [-0.15, -0.1) is 0 Å². The number of carbonyl (C=O) groups is 1. The highest BCUT2D eigenvalue weighted by Gasteiger charge is 2.55. The minimum absolute atomic E-state index is 0.199. The van der Waals surface area contributed by atoms with Gasteiger partial charge in [-0.3, -0.25) is 4.79 Å². The van der Waals surface area contributed by atoms with Crippen LogP contribution in [-0.4, -0.2) is 16.5 Å². The molecule has 1 fully saturated rings. The monoisotopic (exact) mass is 302 g/mol. The van der Waals surface area contributed by atoms with Crippen molar-refractivity contribution in [2.24, 2.45) is 22.7 Å². The average molecular weight is 302 g/mol. The summed E-state index contributed by atoms with van der Waals surface area (Å²) in [4.78, 5) is 12.4. The Labute approximate surface area is 134 Å². The third-order valence-electron chi connectivity index (χ3n) is 6.89. The lowest BCUT2D eigenvalue weighted by molar-refractivity contribution is -0.143. The molecule has 122 valence electrons. The highest BCUT2D eigenvalue weighted by molar-refractivity contribution is 5.85. The van der Waals surface area contributed by atoms with Crippen LogP contribution in [0.15, 0.2) is 23.3 Å². The molecule has 3 rings (SSSR count). The highest BCUT2D eigenvalue weighted by atomic mass is 16.3. The fourth-order valence-corrected chi connectivity index (χ4v) is 5.37. The number of aliphatic hydroxyl groups is 1. The number of hydrogen-bond acceptors (Lipinski definition) is 2. The summed E-state index contributed by atoms with van der Waals surface area (Å²) in [6, 6.07) is 0. The molecule has 1 saturated carbocycles. The van der Waals surface area contributed by atoms with Crippen LogP contribution in [0.2, 0.25) is 0 Å². The van der Waals surface area contributed by atoms with Gasteiger partial charge in [0.05, 0.1) is 5.60 Å². The number of Topliss-reactive ketones (excluding diaryl/α,β-unsaturated/α-hetero) is 1. The first-order valence-corrected chi connectivity index (χ1v) is 8.73. The zero-order valence-corrected chi connectivity index (χ0v) is 14.7. The van der Waals surface area contributed by atoms with Gasteiger partial charge in [0.25, 0.3) is 0 Å². The lowest BCUT2D eigenvalue weighted by Gasteiger charge is -2.57. The van der Waals surface area contributed by atoms with E-state index in [1.54, 1.807) is 0 Å². The van der Waals surface area contributed by atoms with E-state index in [1.165, 1.54) is 5.57 Å². The molecule has 1 N–H and O–H groups in total. The fourth-order valence-electron chi connectivity index (χ4n) is 5.37. The maximum Gasteiger partial charge on any atom is 0.138 e. The molecule has 3 aliphatic rings. The van der Waals surface area contributed by atoms with Crippen molar-refractivity contribution in [1.82, 2.24) is 0 Å². The third-order valence-corrected chi connectivity index (χ3v) is 6.89. The van der Waals surface area contributed by atoms with Crippen LogP contribution in [0, 0.1) is 22.7 Å². The normalized spacial score (nSPS) is 37.8. The largest absolute Gasteiger partial charge is 0.386 e. The van der Waals surface area contributed by atoms with Gasteiger partial charge in [-0.25, -0.2) is 0 Å². The molecule has 0 spiro atoms. The first kappa shape index (κ1) is 16.0. The summed E-state index contributed by atoms with van der Waals surface area (Å²) in [5.74, 6) is 1.44. The molecule has 2 nitrogen and oxygen atoms in total. The van der Waals surface area contributed by atoms with Crippen molar-refractivity contribution in [3.63, 3.8) is 0 Å². The van der Waals surface area contributed by atoms with Crippen molar-refractivity contribution in [1.29, 1.82) is 0 Å². The first-order chi connectivity index (χ1) is 10.1. The molecule has 0 radical (unpaired) electrons. The van der Waals surface area contributed by atoms with Crippen molar-refractivity contribution in [2.75, 3.05) is 0 Å². The fraction of sp³-hybridized carbons (Fsp3) is 0.750. The van der Waals surface area contributed by atoms with E-state index >= 15 is 0 Å². The summed E-state index contributed by atoms with van der Waals surface area (Å²) in [5.41, 5.74) is 1.87. The maximum absolute atomic E-state index is 12.4. The van der Waals surface area contributed by atoms with E-state index in [-0.39, 0.29) is 10.8 Å². The molecule has 0 heterocycles. The van der Waals surface area contributed by atoms with Gasteiger partial charge in [-0.2, -0.15) is 0 Å². The van der Waals surface area contributed by atoms with Gasteiger partial charge < -0.3 is 5.11 Å². The van der Waals surface area contributed by atoms with Crippen LogP contribution in [0.5, 0.6) is 0 Å². The molecule has 0 aliphatic heterocycles. The Balaban J connectivity index is 2.00. The van der Waals surface area contributed by atoms with Crippen molar-refractivity contribution >= 4 is 5.78 Å². The van der Waals surface area contributed by atoms with Crippen LogP contribution >= 0.6 is 0 Å². The maximum atomic E-state index is 12.4. The van der Waals surface area contributed by atoms with Crippen LogP contribution in [0.4, 0.5) is 0 Å². The lowest BCUT2D eigenvalue weighted by Crippen LogP contribution is -2.53. The van der Waals surface area contributed by atoms with Gasteiger partial charge in [-0.1, -0.05) is 32.9 Å². The Morgan fingerprint density at radius 2 is 1.91 bits per heavy atom. The van der Waals surface area contributed by atoms with E-state index in [9.17, 15) is 9.90 Å². The van der Waals surface area contributed by atoms with E-state index in [1.807, 2.05) is 13.8 Å².